The lowest BCUT2D eigenvalue weighted by Crippen LogP contribution is -2.48. The minimum absolute atomic E-state index is 0.230. The van der Waals surface area contributed by atoms with Crippen LogP contribution < -0.4 is 16.0 Å². The number of hydrogen-bond acceptors (Lipinski definition) is 8. The standard InChI is InChI=1S/C17H23N7O3/c1-11-14-15(21(2)18-11)16(19-22-7-3-5-12(22)9-25)20-24(17(14)27)23-8-4-6-13(23)10-26/h9-10,12-13H,3-8H2,1-2H3,(H,19,20)/t12-,13-/m0/s1. The SMILES string of the molecule is Cc1nn(C)c2c(NN3CCC[C@H]3C=O)nn(N3CCC[C@H]3C=O)c(=O)c12. The van der Waals surface area contributed by atoms with Gasteiger partial charge in [-0.1, -0.05) is 0 Å². The van der Waals surface area contributed by atoms with Gasteiger partial charge in [0.15, 0.2) is 5.82 Å². The number of carbonyl (C=O) groups is 2. The Morgan fingerprint density at radius 3 is 2.52 bits per heavy atom. The van der Waals surface area contributed by atoms with Gasteiger partial charge < -0.3 is 9.59 Å². The normalized spacial score (nSPS) is 23.3. The molecule has 0 spiro atoms. The summed E-state index contributed by atoms with van der Waals surface area (Å²) in [6.45, 7) is 3.08. The Hall–Kier alpha value is -2.75. The fraction of sp³-hybridized carbons (Fsp3) is 0.588. The summed E-state index contributed by atoms with van der Waals surface area (Å²) in [5, 5.41) is 12.9. The molecule has 0 unspecified atom stereocenters. The molecule has 2 aliphatic heterocycles. The number of aryl methyl sites for hydroxylation is 2. The van der Waals surface area contributed by atoms with Gasteiger partial charge in [-0.2, -0.15) is 5.10 Å². The first-order valence-electron chi connectivity index (χ1n) is 9.22. The van der Waals surface area contributed by atoms with E-state index in [2.05, 4.69) is 15.6 Å². The molecule has 144 valence electrons. The number of aldehydes is 2. The number of aromatic nitrogens is 4. The van der Waals surface area contributed by atoms with E-state index in [1.165, 1.54) is 4.79 Å². The van der Waals surface area contributed by atoms with Crippen molar-refractivity contribution in [3.05, 3.63) is 16.0 Å². The fourth-order valence-electron chi connectivity index (χ4n) is 4.08. The van der Waals surface area contributed by atoms with Crippen LogP contribution in [0.3, 0.4) is 0 Å². The van der Waals surface area contributed by atoms with Gasteiger partial charge in [0.25, 0.3) is 5.56 Å². The Morgan fingerprint density at radius 1 is 1.07 bits per heavy atom. The molecule has 4 rings (SSSR count). The maximum absolute atomic E-state index is 13.1. The molecule has 0 aliphatic carbocycles. The molecule has 2 aromatic rings. The van der Waals surface area contributed by atoms with Crippen molar-refractivity contribution in [3.63, 3.8) is 0 Å². The summed E-state index contributed by atoms with van der Waals surface area (Å²) < 4.78 is 1.62. The van der Waals surface area contributed by atoms with Gasteiger partial charge in [-0.25, -0.2) is 5.01 Å². The molecule has 2 fully saturated rings. The quantitative estimate of drug-likeness (QED) is 0.714. The number of nitrogens with zero attached hydrogens (tertiary/aromatic N) is 6. The third-order valence-corrected chi connectivity index (χ3v) is 5.41. The lowest BCUT2D eigenvalue weighted by Gasteiger charge is -2.26. The average Bonchev–Trinajstić information content (AvgIpc) is 3.36. The highest BCUT2D eigenvalue weighted by Gasteiger charge is 2.30. The Labute approximate surface area is 155 Å². The summed E-state index contributed by atoms with van der Waals surface area (Å²) in [6.07, 6.45) is 4.99. The van der Waals surface area contributed by atoms with Crippen molar-refractivity contribution < 1.29 is 9.59 Å². The molecule has 10 nitrogen and oxygen atoms in total. The van der Waals surface area contributed by atoms with Crippen LogP contribution in [0.5, 0.6) is 0 Å². The highest BCUT2D eigenvalue weighted by atomic mass is 16.2. The van der Waals surface area contributed by atoms with Gasteiger partial charge in [0, 0.05) is 20.1 Å². The van der Waals surface area contributed by atoms with Crippen LogP contribution in [-0.2, 0) is 16.6 Å². The summed E-state index contributed by atoms with van der Waals surface area (Å²) in [5.41, 5.74) is 4.12. The van der Waals surface area contributed by atoms with E-state index in [0.29, 0.717) is 41.9 Å². The molecule has 27 heavy (non-hydrogen) atoms. The van der Waals surface area contributed by atoms with E-state index < -0.39 is 0 Å². The van der Waals surface area contributed by atoms with Crippen molar-refractivity contribution in [3.8, 4) is 0 Å². The number of nitrogens with one attached hydrogen (secondary N) is 1. The Kier molecular flexibility index (Phi) is 4.42. The number of rotatable bonds is 5. The second kappa shape index (κ2) is 6.76. The van der Waals surface area contributed by atoms with Crippen LogP contribution in [0.4, 0.5) is 5.82 Å². The van der Waals surface area contributed by atoms with Gasteiger partial charge in [0.1, 0.15) is 24.1 Å². The van der Waals surface area contributed by atoms with E-state index in [4.69, 9.17) is 0 Å². The lowest BCUT2D eigenvalue weighted by atomic mass is 10.2. The first-order chi connectivity index (χ1) is 13.0. The van der Waals surface area contributed by atoms with E-state index in [0.717, 1.165) is 31.8 Å². The van der Waals surface area contributed by atoms with Crippen molar-refractivity contribution in [1.82, 2.24) is 24.7 Å². The summed E-state index contributed by atoms with van der Waals surface area (Å²) in [7, 11) is 1.76. The van der Waals surface area contributed by atoms with Crippen LogP contribution in [0.25, 0.3) is 10.9 Å². The molecule has 0 aromatic carbocycles. The third-order valence-electron chi connectivity index (χ3n) is 5.41. The molecule has 1 N–H and O–H groups in total. The maximum Gasteiger partial charge on any atom is 0.297 e. The largest absolute Gasteiger partial charge is 0.302 e. The highest BCUT2D eigenvalue weighted by molar-refractivity contribution is 5.89. The van der Waals surface area contributed by atoms with Crippen LogP contribution in [0.15, 0.2) is 4.79 Å². The van der Waals surface area contributed by atoms with E-state index in [9.17, 15) is 14.4 Å². The number of carbonyl (C=O) groups excluding carboxylic acids is 2. The minimum Gasteiger partial charge on any atom is -0.302 e. The van der Waals surface area contributed by atoms with Crippen LogP contribution in [-0.4, -0.2) is 62.4 Å². The molecule has 0 radical (unpaired) electrons. The first kappa shape index (κ1) is 17.7. The molecule has 2 aromatic heterocycles. The molecule has 4 heterocycles. The predicted molar refractivity (Wildman–Crippen MR) is 99.1 cm³/mol. The fourth-order valence-corrected chi connectivity index (χ4v) is 4.08. The summed E-state index contributed by atoms with van der Waals surface area (Å²) in [4.78, 5) is 37.2. The Morgan fingerprint density at radius 2 is 1.78 bits per heavy atom. The number of hydrazine groups is 1. The van der Waals surface area contributed by atoms with Gasteiger partial charge in [-0.15, -0.1) is 9.89 Å². The molecule has 0 saturated carbocycles. The van der Waals surface area contributed by atoms with Crippen molar-refractivity contribution in [2.24, 2.45) is 7.05 Å². The van der Waals surface area contributed by atoms with Gasteiger partial charge in [0.2, 0.25) is 0 Å². The molecule has 10 heteroatoms. The van der Waals surface area contributed by atoms with E-state index in [-0.39, 0.29) is 17.6 Å². The molecule has 2 atom stereocenters. The third kappa shape index (κ3) is 2.80. The molecule has 0 amide bonds. The zero-order valence-corrected chi connectivity index (χ0v) is 15.5. The van der Waals surface area contributed by atoms with Crippen LogP contribution in [0, 0.1) is 6.92 Å². The topological polar surface area (TPSA) is 105 Å². The summed E-state index contributed by atoms with van der Waals surface area (Å²) in [5.74, 6) is 0.456. The van der Waals surface area contributed by atoms with Gasteiger partial charge in [0.05, 0.1) is 17.1 Å². The molecule has 0 bridgehead atoms. The number of anilines is 1. The van der Waals surface area contributed by atoms with Gasteiger partial charge in [-0.05, 0) is 32.6 Å². The van der Waals surface area contributed by atoms with Crippen LogP contribution in [0.1, 0.15) is 31.4 Å². The summed E-state index contributed by atoms with van der Waals surface area (Å²) in [6, 6.07) is -0.599. The van der Waals surface area contributed by atoms with E-state index >= 15 is 0 Å². The van der Waals surface area contributed by atoms with E-state index in [1.807, 2.05) is 5.01 Å². The molecule has 2 saturated heterocycles. The molecule has 2 aliphatic rings. The lowest BCUT2D eigenvalue weighted by molar-refractivity contribution is -0.111. The van der Waals surface area contributed by atoms with Crippen molar-refractivity contribution in [2.45, 2.75) is 44.7 Å². The molecular formula is C17H23N7O3. The highest BCUT2D eigenvalue weighted by Crippen LogP contribution is 2.24. The monoisotopic (exact) mass is 373 g/mol. The smallest absolute Gasteiger partial charge is 0.297 e. The Balaban J connectivity index is 1.86. The van der Waals surface area contributed by atoms with Crippen LogP contribution in [0.2, 0.25) is 0 Å². The van der Waals surface area contributed by atoms with Gasteiger partial charge >= 0.3 is 0 Å². The van der Waals surface area contributed by atoms with Crippen molar-refractivity contribution >= 4 is 29.3 Å². The summed E-state index contributed by atoms with van der Waals surface area (Å²) >= 11 is 0. The Bertz CT molecular complexity index is 950. The van der Waals surface area contributed by atoms with Crippen molar-refractivity contribution in [1.29, 1.82) is 0 Å². The molecular weight excluding hydrogens is 350 g/mol. The van der Waals surface area contributed by atoms with Crippen molar-refractivity contribution in [2.75, 3.05) is 23.5 Å². The number of fused-ring (bicyclic) bond motifs is 1. The minimum atomic E-state index is -0.369. The second-order valence-electron chi connectivity index (χ2n) is 7.14. The predicted octanol–water partition coefficient (Wildman–Crippen LogP) is -0.272. The zero-order chi connectivity index (χ0) is 19.1. The van der Waals surface area contributed by atoms with E-state index in [1.54, 1.807) is 23.7 Å². The maximum atomic E-state index is 13.1. The second-order valence-corrected chi connectivity index (χ2v) is 7.14. The van der Waals surface area contributed by atoms with Gasteiger partial charge in [-0.3, -0.25) is 19.9 Å². The van der Waals surface area contributed by atoms with Crippen LogP contribution >= 0.6 is 0 Å². The average molecular weight is 373 g/mol. The zero-order valence-electron chi connectivity index (χ0n) is 15.5. The first-order valence-corrected chi connectivity index (χ1v) is 9.22. The number of hydrogen-bond donors (Lipinski definition) is 1.